The van der Waals surface area contributed by atoms with Crippen LogP contribution in [0.4, 0.5) is 0 Å². The first-order chi connectivity index (χ1) is 12.1. The van der Waals surface area contributed by atoms with Crippen LogP contribution in [0.2, 0.25) is 0 Å². The molecule has 2 saturated heterocycles. The number of rotatable bonds is 4. The molecule has 144 valence electrons. The number of carboxylic acid groups (broad SMARTS) is 1. The van der Waals surface area contributed by atoms with Gasteiger partial charge in [0.25, 0.3) is 0 Å². The van der Waals surface area contributed by atoms with Gasteiger partial charge in [-0.3, -0.25) is 14.3 Å². The monoisotopic (exact) mass is 384 g/mol. The first-order valence-electron chi connectivity index (χ1n) is 8.67. The van der Waals surface area contributed by atoms with Crippen molar-refractivity contribution >= 4 is 21.9 Å². The molecule has 1 amide bonds. The molecular formula is C16H24N4O5S. The second kappa shape index (κ2) is 6.34. The smallest absolute Gasteiger partial charge is 0.309 e. The average molecular weight is 384 g/mol. The number of piperidine rings is 1. The van der Waals surface area contributed by atoms with Gasteiger partial charge in [0.05, 0.1) is 17.2 Å². The molecule has 1 aromatic rings. The number of carbonyl (C=O) groups excluding carboxylic acids is 1. The largest absolute Gasteiger partial charge is 0.481 e. The summed E-state index contributed by atoms with van der Waals surface area (Å²) in [6.45, 7) is 4.48. The van der Waals surface area contributed by atoms with Gasteiger partial charge in [-0.25, -0.2) is 8.42 Å². The van der Waals surface area contributed by atoms with Crippen molar-refractivity contribution in [3.63, 3.8) is 0 Å². The van der Waals surface area contributed by atoms with Crippen molar-refractivity contribution < 1.29 is 23.1 Å². The Hall–Kier alpha value is -1.94. The first-order valence-corrected chi connectivity index (χ1v) is 10.1. The van der Waals surface area contributed by atoms with Crippen LogP contribution in [-0.2, 0) is 26.2 Å². The van der Waals surface area contributed by atoms with Gasteiger partial charge in [-0.2, -0.15) is 9.40 Å². The van der Waals surface area contributed by atoms with Crippen LogP contribution < -0.4 is 0 Å². The molecule has 2 aliphatic rings. The molecule has 3 heterocycles. The number of amides is 1. The van der Waals surface area contributed by atoms with Crippen LogP contribution in [-0.4, -0.2) is 70.1 Å². The van der Waals surface area contributed by atoms with Gasteiger partial charge in [-0.1, -0.05) is 0 Å². The van der Waals surface area contributed by atoms with Gasteiger partial charge in [0, 0.05) is 39.3 Å². The summed E-state index contributed by atoms with van der Waals surface area (Å²) in [5, 5.41) is 13.7. The summed E-state index contributed by atoms with van der Waals surface area (Å²) in [7, 11) is -2.08. The van der Waals surface area contributed by atoms with Crippen LogP contribution in [0.15, 0.2) is 11.1 Å². The van der Waals surface area contributed by atoms with E-state index >= 15 is 0 Å². The molecule has 0 unspecified atom stereocenters. The van der Waals surface area contributed by atoms with Crippen LogP contribution in [0.5, 0.6) is 0 Å². The van der Waals surface area contributed by atoms with Crippen molar-refractivity contribution in [2.45, 2.75) is 50.1 Å². The number of sulfonamides is 1. The molecule has 0 aromatic carbocycles. The standard InChI is InChI=1S/C16H24N4O5S/c1-4-19-10-13(11(2)17-19)26(24,25)20-7-5-16(6-8-20)12(15(22)23)9-14(21)18(16)3/h10,12H,4-9H2,1-3H3,(H,22,23)/t12-/m0/s1. The Morgan fingerprint density at radius 3 is 2.50 bits per heavy atom. The maximum atomic E-state index is 13.0. The Morgan fingerprint density at radius 2 is 2.00 bits per heavy atom. The lowest BCUT2D eigenvalue weighted by Crippen LogP contribution is -2.56. The average Bonchev–Trinajstić information content (AvgIpc) is 3.09. The van der Waals surface area contributed by atoms with Crippen molar-refractivity contribution in [2.75, 3.05) is 20.1 Å². The third kappa shape index (κ3) is 2.71. The summed E-state index contributed by atoms with van der Waals surface area (Å²) in [6, 6.07) is 0. The molecular weight excluding hydrogens is 360 g/mol. The van der Waals surface area contributed by atoms with Gasteiger partial charge in [0.15, 0.2) is 0 Å². The molecule has 1 atom stereocenters. The highest BCUT2D eigenvalue weighted by Gasteiger charge is 2.56. The summed E-state index contributed by atoms with van der Waals surface area (Å²) in [4.78, 5) is 25.4. The summed E-state index contributed by atoms with van der Waals surface area (Å²) in [5.41, 5.74) is -0.360. The van der Waals surface area contributed by atoms with Gasteiger partial charge < -0.3 is 10.0 Å². The summed E-state index contributed by atoms with van der Waals surface area (Å²) >= 11 is 0. The van der Waals surface area contributed by atoms with E-state index < -0.39 is 27.4 Å². The predicted molar refractivity (Wildman–Crippen MR) is 91.9 cm³/mol. The third-order valence-corrected chi connectivity index (χ3v) is 7.80. The minimum absolute atomic E-state index is 0.0268. The van der Waals surface area contributed by atoms with E-state index in [-0.39, 0.29) is 30.3 Å². The van der Waals surface area contributed by atoms with Gasteiger partial charge in [-0.05, 0) is 26.7 Å². The Bertz CT molecular complexity index is 839. The van der Waals surface area contributed by atoms with Crippen LogP contribution in [0.3, 0.4) is 0 Å². The molecule has 2 aliphatic heterocycles. The number of likely N-dealkylation sites (tertiary alicyclic amines) is 1. The number of nitrogens with zero attached hydrogens (tertiary/aromatic N) is 4. The number of carbonyl (C=O) groups is 2. The molecule has 1 aromatic heterocycles. The first kappa shape index (κ1) is 18.8. The highest BCUT2D eigenvalue weighted by Crippen LogP contribution is 2.43. The molecule has 1 spiro atoms. The molecule has 2 fully saturated rings. The van der Waals surface area contributed by atoms with Gasteiger partial charge in [-0.15, -0.1) is 0 Å². The number of carboxylic acids is 1. The Kier molecular flexibility index (Phi) is 4.60. The van der Waals surface area contributed by atoms with Crippen molar-refractivity contribution in [3.8, 4) is 0 Å². The van der Waals surface area contributed by atoms with E-state index in [2.05, 4.69) is 5.10 Å². The van der Waals surface area contributed by atoms with E-state index in [1.807, 2.05) is 6.92 Å². The Balaban J connectivity index is 1.84. The van der Waals surface area contributed by atoms with Crippen LogP contribution in [0, 0.1) is 12.8 Å². The lowest BCUT2D eigenvalue weighted by molar-refractivity contribution is -0.145. The van der Waals surface area contributed by atoms with Crippen molar-refractivity contribution in [3.05, 3.63) is 11.9 Å². The van der Waals surface area contributed by atoms with Gasteiger partial charge in [0.2, 0.25) is 15.9 Å². The maximum absolute atomic E-state index is 13.0. The molecule has 0 radical (unpaired) electrons. The minimum Gasteiger partial charge on any atom is -0.481 e. The maximum Gasteiger partial charge on any atom is 0.309 e. The van der Waals surface area contributed by atoms with Crippen molar-refractivity contribution in [2.24, 2.45) is 5.92 Å². The zero-order valence-electron chi connectivity index (χ0n) is 15.2. The Morgan fingerprint density at radius 1 is 1.38 bits per heavy atom. The number of aryl methyl sites for hydroxylation is 2. The van der Waals surface area contributed by atoms with E-state index in [0.717, 1.165) is 0 Å². The van der Waals surface area contributed by atoms with E-state index in [1.165, 1.54) is 15.4 Å². The van der Waals surface area contributed by atoms with Crippen LogP contribution in [0.25, 0.3) is 0 Å². The molecule has 0 aliphatic carbocycles. The summed E-state index contributed by atoms with van der Waals surface area (Å²) in [6.07, 6.45) is 2.13. The van der Waals surface area contributed by atoms with Crippen LogP contribution in [0.1, 0.15) is 31.9 Å². The molecule has 26 heavy (non-hydrogen) atoms. The summed E-state index contributed by atoms with van der Waals surface area (Å²) < 4.78 is 28.9. The quantitative estimate of drug-likeness (QED) is 0.799. The number of hydrogen-bond acceptors (Lipinski definition) is 5. The second-order valence-corrected chi connectivity index (χ2v) is 8.90. The predicted octanol–water partition coefficient (Wildman–Crippen LogP) is 0.298. The van der Waals surface area contributed by atoms with Gasteiger partial charge in [0.1, 0.15) is 4.90 Å². The summed E-state index contributed by atoms with van der Waals surface area (Å²) in [5.74, 6) is -2.00. The second-order valence-electron chi connectivity index (χ2n) is 6.99. The zero-order valence-corrected chi connectivity index (χ0v) is 16.0. The molecule has 9 nitrogen and oxygen atoms in total. The Labute approximate surface area is 152 Å². The molecule has 10 heteroatoms. The number of hydrogen-bond donors (Lipinski definition) is 1. The number of aromatic nitrogens is 2. The fourth-order valence-electron chi connectivity index (χ4n) is 4.15. The molecule has 0 saturated carbocycles. The molecule has 0 bridgehead atoms. The fraction of sp³-hybridized carbons (Fsp3) is 0.688. The van der Waals surface area contributed by atoms with E-state index in [1.54, 1.807) is 18.7 Å². The van der Waals surface area contributed by atoms with E-state index in [0.29, 0.717) is 25.1 Å². The van der Waals surface area contributed by atoms with E-state index in [9.17, 15) is 23.1 Å². The van der Waals surface area contributed by atoms with Crippen molar-refractivity contribution in [1.29, 1.82) is 0 Å². The topological polar surface area (TPSA) is 113 Å². The molecule has 3 rings (SSSR count). The lowest BCUT2D eigenvalue weighted by Gasteiger charge is -2.44. The third-order valence-electron chi connectivity index (χ3n) is 5.80. The van der Waals surface area contributed by atoms with Gasteiger partial charge >= 0.3 is 5.97 Å². The van der Waals surface area contributed by atoms with E-state index in [4.69, 9.17) is 0 Å². The zero-order chi connectivity index (χ0) is 19.3. The number of aliphatic carboxylic acids is 1. The molecule has 1 N–H and O–H groups in total. The highest BCUT2D eigenvalue weighted by molar-refractivity contribution is 7.89. The SMILES string of the molecule is CCn1cc(S(=O)(=O)N2CCC3(CC2)[C@H](C(=O)O)CC(=O)N3C)c(C)n1. The van der Waals surface area contributed by atoms with Crippen LogP contribution >= 0.6 is 0 Å². The minimum atomic E-state index is -3.70. The van der Waals surface area contributed by atoms with Crippen molar-refractivity contribution in [1.82, 2.24) is 19.0 Å². The fourth-order valence-corrected chi connectivity index (χ4v) is 5.76. The lowest BCUT2D eigenvalue weighted by atomic mass is 9.77. The normalized spacial score (nSPS) is 23.7. The highest BCUT2D eigenvalue weighted by atomic mass is 32.2.